The van der Waals surface area contributed by atoms with Crippen molar-refractivity contribution in [2.45, 2.75) is 12.5 Å². The van der Waals surface area contributed by atoms with Gasteiger partial charge < -0.3 is 15.7 Å². The molecule has 0 spiro atoms. The van der Waals surface area contributed by atoms with Gasteiger partial charge in [-0.15, -0.1) is 0 Å². The van der Waals surface area contributed by atoms with Gasteiger partial charge in [-0.1, -0.05) is 30.3 Å². The standard InChI is InChI=1S/C13H16N2O4S/c16-11(6-9-4-2-1-3-5-9)15-10(8-20)13(19)14-7-12(17)18/h1-5,10,20H,6-8H2,(H,14,19)(H,15,16)(H,17,18)/t10-/m0/s1. The van der Waals surface area contributed by atoms with Gasteiger partial charge in [-0.05, 0) is 5.56 Å². The SMILES string of the molecule is O=C(O)CNC(=O)[C@H](CS)NC(=O)Cc1ccccc1. The van der Waals surface area contributed by atoms with E-state index in [-0.39, 0.29) is 18.1 Å². The van der Waals surface area contributed by atoms with Crippen LogP contribution < -0.4 is 10.6 Å². The summed E-state index contributed by atoms with van der Waals surface area (Å²) in [5.41, 5.74) is 0.828. The molecule has 0 radical (unpaired) electrons. The molecule has 20 heavy (non-hydrogen) atoms. The molecule has 1 aromatic carbocycles. The highest BCUT2D eigenvalue weighted by Crippen LogP contribution is 2.00. The second-order valence-electron chi connectivity index (χ2n) is 4.08. The van der Waals surface area contributed by atoms with Gasteiger partial charge in [-0.2, -0.15) is 12.6 Å². The summed E-state index contributed by atoms with van der Waals surface area (Å²) in [5.74, 6) is -1.94. The number of amides is 2. The van der Waals surface area contributed by atoms with E-state index in [4.69, 9.17) is 5.11 Å². The Morgan fingerprint density at radius 2 is 1.85 bits per heavy atom. The minimum Gasteiger partial charge on any atom is -0.480 e. The van der Waals surface area contributed by atoms with Crippen LogP contribution in [0.25, 0.3) is 0 Å². The third kappa shape index (κ3) is 5.75. The molecule has 1 aromatic rings. The van der Waals surface area contributed by atoms with Crippen LogP contribution in [-0.2, 0) is 20.8 Å². The first-order valence-corrected chi connectivity index (χ1v) is 6.60. The fourth-order valence-electron chi connectivity index (χ4n) is 1.51. The maximum Gasteiger partial charge on any atom is 0.322 e. The minimum atomic E-state index is -1.15. The molecule has 7 heteroatoms. The van der Waals surface area contributed by atoms with E-state index in [2.05, 4.69) is 23.3 Å². The van der Waals surface area contributed by atoms with Crippen molar-refractivity contribution in [2.24, 2.45) is 0 Å². The molecule has 0 aliphatic heterocycles. The molecule has 0 unspecified atom stereocenters. The summed E-state index contributed by atoms with van der Waals surface area (Å²) in [6, 6.07) is 8.24. The minimum absolute atomic E-state index is 0.0893. The van der Waals surface area contributed by atoms with E-state index in [0.717, 1.165) is 5.56 Å². The number of carbonyl (C=O) groups is 3. The zero-order chi connectivity index (χ0) is 15.0. The Balaban J connectivity index is 2.49. The highest BCUT2D eigenvalue weighted by Gasteiger charge is 2.19. The third-order valence-electron chi connectivity index (χ3n) is 2.46. The molecule has 108 valence electrons. The third-order valence-corrected chi connectivity index (χ3v) is 2.82. The Morgan fingerprint density at radius 1 is 1.20 bits per heavy atom. The number of nitrogens with one attached hydrogen (secondary N) is 2. The van der Waals surface area contributed by atoms with Gasteiger partial charge in [0.1, 0.15) is 12.6 Å². The molecule has 3 N–H and O–H groups in total. The maximum atomic E-state index is 11.8. The molecule has 0 bridgehead atoms. The summed E-state index contributed by atoms with van der Waals surface area (Å²) in [7, 11) is 0. The number of carboxylic acid groups (broad SMARTS) is 1. The lowest BCUT2D eigenvalue weighted by Gasteiger charge is -2.15. The van der Waals surface area contributed by atoms with Crippen LogP contribution >= 0.6 is 12.6 Å². The van der Waals surface area contributed by atoms with Crippen LogP contribution in [0.2, 0.25) is 0 Å². The highest BCUT2D eigenvalue weighted by molar-refractivity contribution is 7.80. The lowest BCUT2D eigenvalue weighted by molar-refractivity contribution is -0.138. The number of hydrogen-bond donors (Lipinski definition) is 4. The molecule has 0 aliphatic carbocycles. The summed E-state index contributed by atoms with van der Waals surface area (Å²) in [4.78, 5) is 33.8. The van der Waals surface area contributed by atoms with E-state index in [9.17, 15) is 14.4 Å². The van der Waals surface area contributed by atoms with E-state index < -0.39 is 24.5 Å². The van der Waals surface area contributed by atoms with Gasteiger partial charge in [0, 0.05) is 5.75 Å². The monoisotopic (exact) mass is 296 g/mol. The zero-order valence-electron chi connectivity index (χ0n) is 10.7. The van der Waals surface area contributed by atoms with Gasteiger partial charge in [0.15, 0.2) is 0 Å². The van der Waals surface area contributed by atoms with Crippen LogP contribution in [0.3, 0.4) is 0 Å². The Bertz CT molecular complexity index is 479. The first-order valence-electron chi connectivity index (χ1n) is 5.96. The Kier molecular flexibility index (Phi) is 6.58. The highest BCUT2D eigenvalue weighted by atomic mass is 32.1. The molecule has 1 rings (SSSR count). The van der Waals surface area contributed by atoms with Gasteiger partial charge >= 0.3 is 5.97 Å². The predicted molar refractivity (Wildman–Crippen MR) is 76.6 cm³/mol. The van der Waals surface area contributed by atoms with E-state index in [1.54, 1.807) is 12.1 Å². The van der Waals surface area contributed by atoms with E-state index in [0.29, 0.717) is 0 Å². The molecule has 1 atom stereocenters. The van der Waals surface area contributed by atoms with Crippen molar-refractivity contribution in [3.63, 3.8) is 0 Å². The van der Waals surface area contributed by atoms with Crippen LogP contribution in [0.15, 0.2) is 30.3 Å². The normalized spacial score (nSPS) is 11.4. The van der Waals surface area contributed by atoms with Crippen molar-refractivity contribution >= 4 is 30.4 Å². The topological polar surface area (TPSA) is 95.5 Å². The number of aliphatic carboxylic acids is 1. The van der Waals surface area contributed by atoms with Gasteiger partial charge in [-0.3, -0.25) is 14.4 Å². The molecule has 0 aromatic heterocycles. The van der Waals surface area contributed by atoms with Gasteiger partial charge in [-0.25, -0.2) is 0 Å². The maximum absolute atomic E-state index is 11.8. The number of benzene rings is 1. The van der Waals surface area contributed by atoms with Crippen molar-refractivity contribution in [1.82, 2.24) is 10.6 Å². The van der Waals surface area contributed by atoms with Crippen LogP contribution in [0.4, 0.5) is 0 Å². The number of hydrogen-bond acceptors (Lipinski definition) is 4. The lowest BCUT2D eigenvalue weighted by Crippen LogP contribution is -2.49. The van der Waals surface area contributed by atoms with Crippen LogP contribution in [0, 0.1) is 0 Å². The second kappa shape index (κ2) is 8.21. The summed E-state index contributed by atoms with van der Waals surface area (Å²) in [5, 5.41) is 13.2. The number of carbonyl (C=O) groups excluding carboxylic acids is 2. The van der Waals surface area contributed by atoms with Crippen LogP contribution in [0.1, 0.15) is 5.56 Å². The Morgan fingerprint density at radius 3 is 2.40 bits per heavy atom. The van der Waals surface area contributed by atoms with Gasteiger partial charge in [0.25, 0.3) is 0 Å². The van der Waals surface area contributed by atoms with Crippen LogP contribution in [-0.4, -0.2) is 41.2 Å². The molecule has 0 saturated carbocycles. The van der Waals surface area contributed by atoms with Gasteiger partial charge in [0.2, 0.25) is 11.8 Å². The fourth-order valence-corrected chi connectivity index (χ4v) is 1.76. The van der Waals surface area contributed by atoms with E-state index in [1.807, 2.05) is 18.2 Å². The largest absolute Gasteiger partial charge is 0.480 e. The number of carboxylic acids is 1. The van der Waals surface area contributed by atoms with Crippen molar-refractivity contribution in [3.05, 3.63) is 35.9 Å². The van der Waals surface area contributed by atoms with Crippen molar-refractivity contribution < 1.29 is 19.5 Å². The van der Waals surface area contributed by atoms with Crippen LogP contribution in [0.5, 0.6) is 0 Å². The summed E-state index contributed by atoms with van der Waals surface area (Å²) in [6.45, 7) is -0.488. The second-order valence-corrected chi connectivity index (χ2v) is 4.44. The molecule has 6 nitrogen and oxygen atoms in total. The molecule has 0 aliphatic rings. The summed E-state index contributed by atoms with van der Waals surface area (Å²) >= 11 is 3.98. The molecular formula is C13H16N2O4S. The number of thiol groups is 1. The first-order chi connectivity index (χ1) is 9.52. The zero-order valence-corrected chi connectivity index (χ0v) is 11.6. The van der Waals surface area contributed by atoms with E-state index in [1.165, 1.54) is 0 Å². The molecule has 2 amide bonds. The smallest absolute Gasteiger partial charge is 0.322 e. The molecule has 0 saturated heterocycles. The van der Waals surface area contributed by atoms with Crippen molar-refractivity contribution in [1.29, 1.82) is 0 Å². The summed E-state index contributed by atoms with van der Waals surface area (Å²) < 4.78 is 0. The molecule has 0 fully saturated rings. The van der Waals surface area contributed by atoms with E-state index >= 15 is 0 Å². The summed E-state index contributed by atoms with van der Waals surface area (Å²) in [6.07, 6.45) is 0.150. The van der Waals surface area contributed by atoms with Crippen molar-refractivity contribution in [3.8, 4) is 0 Å². The lowest BCUT2D eigenvalue weighted by atomic mass is 10.1. The van der Waals surface area contributed by atoms with Crippen molar-refractivity contribution in [2.75, 3.05) is 12.3 Å². The molecular weight excluding hydrogens is 280 g/mol. The van der Waals surface area contributed by atoms with Gasteiger partial charge in [0.05, 0.1) is 6.42 Å². The number of rotatable bonds is 7. The fraction of sp³-hybridized carbons (Fsp3) is 0.308. The quantitative estimate of drug-likeness (QED) is 0.526. The average Bonchev–Trinajstić information content (AvgIpc) is 2.43. The Labute approximate surface area is 122 Å². The predicted octanol–water partition coefficient (Wildman–Crippen LogP) is -0.155. The average molecular weight is 296 g/mol. The molecule has 0 heterocycles. The first kappa shape index (κ1) is 16.0. The Hall–Kier alpha value is -2.02.